The fourth-order valence-electron chi connectivity index (χ4n) is 7.10. The molecule has 2 nitrogen and oxygen atoms in total. The minimum Gasteiger partial charge on any atom is -0.309 e. The number of aromatic nitrogens is 2. The maximum absolute atomic E-state index is 4.62. The van der Waals surface area contributed by atoms with Crippen LogP contribution in [0.2, 0.25) is 0 Å². The van der Waals surface area contributed by atoms with E-state index >= 15 is 0 Å². The zero-order chi connectivity index (χ0) is 29.7. The Kier molecular flexibility index (Phi) is 5.85. The van der Waals surface area contributed by atoms with Crippen molar-refractivity contribution in [2.24, 2.45) is 0 Å². The molecule has 2 heterocycles. The molecule has 0 bridgehead atoms. The van der Waals surface area contributed by atoms with E-state index in [0.717, 1.165) is 16.9 Å². The molecule has 0 aliphatic heterocycles. The van der Waals surface area contributed by atoms with Crippen molar-refractivity contribution >= 4 is 43.4 Å². The standard InChI is InChI=1S/C43H28N2/c1-3-18-37-35(16-1)42(29-23-25-32(26-24-29)45-40-21-7-5-14-33(40)34-15-6-8-22-41(34)45)36-17-2-4-19-38(36)43(37)31-13-11-12-30(28-31)39-20-9-10-27-44-39/h1-28H. The van der Waals surface area contributed by atoms with Gasteiger partial charge in [-0.2, -0.15) is 0 Å². The third kappa shape index (κ3) is 4.07. The van der Waals surface area contributed by atoms with Gasteiger partial charge in [-0.1, -0.05) is 121 Å². The number of benzene rings is 7. The molecule has 0 atom stereocenters. The zero-order valence-electron chi connectivity index (χ0n) is 24.6. The fraction of sp³-hybridized carbons (Fsp3) is 0. The molecule has 0 unspecified atom stereocenters. The van der Waals surface area contributed by atoms with Crippen LogP contribution in [0.3, 0.4) is 0 Å². The Labute approximate surface area is 261 Å². The molecule has 7 aromatic carbocycles. The van der Waals surface area contributed by atoms with Crippen LogP contribution in [0.25, 0.3) is 82.5 Å². The number of pyridine rings is 1. The second-order valence-corrected chi connectivity index (χ2v) is 11.6. The van der Waals surface area contributed by atoms with E-state index < -0.39 is 0 Å². The van der Waals surface area contributed by atoms with Gasteiger partial charge in [-0.15, -0.1) is 0 Å². The van der Waals surface area contributed by atoms with E-state index in [0.29, 0.717) is 0 Å². The molecular formula is C43H28N2. The van der Waals surface area contributed by atoms with E-state index in [2.05, 4.69) is 161 Å². The highest BCUT2D eigenvalue weighted by Gasteiger charge is 2.18. The molecule has 9 aromatic rings. The highest BCUT2D eigenvalue weighted by molar-refractivity contribution is 6.21. The molecule has 0 amide bonds. The van der Waals surface area contributed by atoms with E-state index in [-0.39, 0.29) is 0 Å². The van der Waals surface area contributed by atoms with Gasteiger partial charge >= 0.3 is 0 Å². The second-order valence-electron chi connectivity index (χ2n) is 11.6. The van der Waals surface area contributed by atoms with E-state index in [4.69, 9.17) is 0 Å². The summed E-state index contributed by atoms with van der Waals surface area (Å²) in [5.41, 5.74) is 10.6. The summed E-state index contributed by atoms with van der Waals surface area (Å²) in [5.74, 6) is 0. The molecule has 45 heavy (non-hydrogen) atoms. The van der Waals surface area contributed by atoms with Gasteiger partial charge in [0, 0.05) is 28.2 Å². The van der Waals surface area contributed by atoms with Crippen molar-refractivity contribution in [2.75, 3.05) is 0 Å². The van der Waals surface area contributed by atoms with Gasteiger partial charge in [0.2, 0.25) is 0 Å². The summed E-state index contributed by atoms with van der Waals surface area (Å²) in [7, 11) is 0. The number of nitrogens with zero attached hydrogens (tertiary/aromatic N) is 2. The van der Waals surface area contributed by atoms with Gasteiger partial charge in [0.15, 0.2) is 0 Å². The largest absolute Gasteiger partial charge is 0.309 e. The number of hydrogen-bond donors (Lipinski definition) is 0. The number of fused-ring (bicyclic) bond motifs is 5. The Morgan fingerprint density at radius 3 is 1.40 bits per heavy atom. The SMILES string of the molecule is c1ccc(-c2cccc(-c3c4ccccc4c(-c4ccc(-n5c6ccccc6c6ccccc65)cc4)c4ccccc34)c2)nc1. The Morgan fingerprint density at radius 2 is 0.844 bits per heavy atom. The lowest BCUT2D eigenvalue weighted by atomic mass is 9.85. The number of hydrogen-bond acceptors (Lipinski definition) is 1. The molecular weight excluding hydrogens is 544 g/mol. The highest BCUT2D eigenvalue weighted by atomic mass is 15.0. The Bertz CT molecular complexity index is 2410. The van der Waals surface area contributed by atoms with Crippen molar-refractivity contribution in [2.45, 2.75) is 0 Å². The minimum atomic E-state index is 0.980. The predicted octanol–water partition coefficient (Wildman–Crippen LogP) is 11.5. The van der Waals surface area contributed by atoms with Gasteiger partial charge in [0.05, 0.1) is 16.7 Å². The van der Waals surface area contributed by atoms with Gasteiger partial charge < -0.3 is 4.57 Å². The third-order valence-corrected chi connectivity index (χ3v) is 9.04. The molecule has 0 spiro atoms. The smallest absolute Gasteiger partial charge is 0.0702 e. The lowest BCUT2D eigenvalue weighted by Gasteiger charge is -2.18. The highest BCUT2D eigenvalue weighted by Crippen LogP contribution is 2.44. The van der Waals surface area contributed by atoms with Crippen LogP contribution in [0.1, 0.15) is 0 Å². The maximum Gasteiger partial charge on any atom is 0.0702 e. The van der Waals surface area contributed by atoms with E-state index in [1.54, 1.807) is 0 Å². The molecule has 0 radical (unpaired) electrons. The van der Waals surface area contributed by atoms with E-state index in [1.165, 1.54) is 65.6 Å². The average Bonchev–Trinajstić information content (AvgIpc) is 3.45. The van der Waals surface area contributed by atoms with Crippen LogP contribution in [0, 0.1) is 0 Å². The topological polar surface area (TPSA) is 17.8 Å². The normalized spacial score (nSPS) is 11.6. The molecule has 2 aromatic heterocycles. The zero-order valence-corrected chi connectivity index (χ0v) is 24.6. The summed E-state index contributed by atoms with van der Waals surface area (Å²) in [6.45, 7) is 0. The Morgan fingerprint density at radius 1 is 0.356 bits per heavy atom. The van der Waals surface area contributed by atoms with Crippen molar-refractivity contribution in [3.63, 3.8) is 0 Å². The van der Waals surface area contributed by atoms with Gasteiger partial charge in [0.25, 0.3) is 0 Å². The maximum atomic E-state index is 4.62. The van der Waals surface area contributed by atoms with Crippen molar-refractivity contribution in [3.05, 3.63) is 170 Å². The van der Waals surface area contributed by atoms with Gasteiger partial charge in [-0.3, -0.25) is 4.98 Å². The van der Waals surface area contributed by atoms with Crippen molar-refractivity contribution in [3.8, 4) is 39.2 Å². The number of para-hydroxylation sites is 2. The summed E-state index contributed by atoms with van der Waals surface area (Å²) < 4.78 is 2.38. The first-order valence-electron chi connectivity index (χ1n) is 15.4. The lowest BCUT2D eigenvalue weighted by molar-refractivity contribution is 1.18. The molecule has 0 aliphatic rings. The van der Waals surface area contributed by atoms with Crippen LogP contribution in [-0.4, -0.2) is 9.55 Å². The first-order valence-corrected chi connectivity index (χ1v) is 15.4. The molecule has 0 saturated carbocycles. The van der Waals surface area contributed by atoms with Crippen LogP contribution in [-0.2, 0) is 0 Å². The summed E-state index contributed by atoms with van der Waals surface area (Å²) >= 11 is 0. The second kappa shape index (κ2) is 10.3. The summed E-state index contributed by atoms with van der Waals surface area (Å²) in [5, 5.41) is 7.54. The Hall–Kier alpha value is -5.99. The average molecular weight is 573 g/mol. The lowest BCUT2D eigenvalue weighted by Crippen LogP contribution is -1.94. The van der Waals surface area contributed by atoms with Crippen LogP contribution >= 0.6 is 0 Å². The van der Waals surface area contributed by atoms with Crippen LogP contribution < -0.4 is 0 Å². The van der Waals surface area contributed by atoms with Crippen LogP contribution in [0.15, 0.2) is 170 Å². The van der Waals surface area contributed by atoms with E-state index in [1.807, 2.05) is 18.3 Å². The minimum absolute atomic E-state index is 0.980. The fourth-order valence-corrected chi connectivity index (χ4v) is 7.10. The molecule has 0 saturated heterocycles. The number of rotatable bonds is 4. The van der Waals surface area contributed by atoms with Crippen molar-refractivity contribution in [1.29, 1.82) is 0 Å². The monoisotopic (exact) mass is 572 g/mol. The molecule has 0 fully saturated rings. The third-order valence-electron chi connectivity index (χ3n) is 9.04. The first-order chi connectivity index (χ1) is 22.3. The van der Waals surface area contributed by atoms with Crippen LogP contribution in [0.5, 0.6) is 0 Å². The van der Waals surface area contributed by atoms with Gasteiger partial charge in [-0.25, -0.2) is 0 Å². The molecule has 0 aliphatic carbocycles. The van der Waals surface area contributed by atoms with E-state index in [9.17, 15) is 0 Å². The van der Waals surface area contributed by atoms with Crippen molar-refractivity contribution < 1.29 is 0 Å². The Balaban J connectivity index is 1.25. The summed E-state index contributed by atoms with van der Waals surface area (Å²) in [4.78, 5) is 4.62. The first kappa shape index (κ1) is 25.5. The van der Waals surface area contributed by atoms with Gasteiger partial charge in [-0.05, 0) is 86.3 Å². The quantitative estimate of drug-likeness (QED) is 0.192. The molecule has 0 N–H and O–H groups in total. The summed E-state index contributed by atoms with van der Waals surface area (Å²) in [6, 6.07) is 59.0. The molecule has 9 rings (SSSR count). The van der Waals surface area contributed by atoms with Crippen molar-refractivity contribution in [1.82, 2.24) is 9.55 Å². The van der Waals surface area contributed by atoms with Crippen LogP contribution in [0.4, 0.5) is 0 Å². The molecule has 2 heteroatoms. The molecule has 210 valence electrons. The van der Waals surface area contributed by atoms with Gasteiger partial charge in [0.1, 0.15) is 0 Å². The predicted molar refractivity (Wildman–Crippen MR) is 190 cm³/mol. The summed E-state index contributed by atoms with van der Waals surface area (Å²) in [6.07, 6.45) is 1.86.